The molecule has 0 aliphatic rings. The molecular weight excluding hydrogens is 248 g/mol. The van der Waals surface area contributed by atoms with Crippen molar-refractivity contribution in [1.29, 1.82) is 0 Å². The van der Waals surface area contributed by atoms with Crippen LogP contribution in [0.4, 0.5) is 8.78 Å². The van der Waals surface area contributed by atoms with E-state index < -0.39 is 11.6 Å². The summed E-state index contributed by atoms with van der Waals surface area (Å²) in [5.41, 5.74) is 7.64. The van der Waals surface area contributed by atoms with Crippen LogP contribution in [0, 0.1) is 18.6 Å². The molecule has 2 aromatic rings. The van der Waals surface area contributed by atoms with E-state index in [1.807, 2.05) is 20.8 Å². The summed E-state index contributed by atoms with van der Waals surface area (Å²) in [6, 6.07) is 3.33. The van der Waals surface area contributed by atoms with Gasteiger partial charge < -0.3 is 10.7 Å². The van der Waals surface area contributed by atoms with Crippen LogP contribution in [0.25, 0.3) is 11.4 Å². The molecule has 0 unspecified atom stereocenters. The van der Waals surface area contributed by atoms with E-state index in [0.29, 0.717) is 17.8 Å². The zero-order chi connectivity index (χ0) is 14.2. The van der Waals surface area contributed by atoms with Crippen LogP contribution in [0.5, 0.6) is 0 Å². The van der Waals surface area contributed by atoms with Crippen molar-refractivity contribution < 1.29 is 8.78 Å². The summed E-state index contributed by atoms with van der Waals surface area (Å²) in [4.78, 5) is 7.42. The summed E-state index contributed by atoms with van der Waals surface area (Å²) in [6.07, 6.45) is 0.590. The lowest BCUT2D eigenvalue weighted by Gasteiger charge is -2.16. The minimum absolute atomic E-state index is 0.385. The fourth-order valence-corrected chi connectivity index (χ4v) is 1.93. The average molecular weight is 265 g/mol. The van der Waals surface area contributed by atoms with Gasteiger partial charge >= 0.3 is 0 Å². The number of halogens is 2. The Morgan fingerprint density at radius 3 is 2.32 bits per heavy atom. The van der Waals surface area contributed by atoms with Crippen molar-refractivity contribution in [2.24, 2.45) is 5.73 Å². The zero-order valence-electron chi connectivity index (χ0n) is 11.2. The predicted molar refractivity (Wildman–Crippen MR) is 70.6 cm³/mol. The third kappa shape index (κ3) is 3.38. The van der Waals surface area contributed by atoms with Crippen LogP contribution in [-0.4, -0.2) is 15.5 Å². The highest BCUT2D eigenvalue weighted by atomic mass is 19.1. The van der Waals surface area contributed by atoms with Gasteiger partial charge in [0.2, 0.25) is 0 Å². The third-order valence-electron chi connectivity index (χ3n) is 2.74. The molecule has 0 radical (unpaired) electrons. The minimum Gasteiger partial charge on any atom is -0.342 e. The van der Waals surface area contributed by atoms with E-state index in [4.69, 9.17) is 5.73 Å². The topological polar surface area (TPSA) is 54.7 Å². The molecule has 2 rings (SSSR count). The number of aromatic nitrogens is 2. The summed E-state index contributed by atoms with van der Waals surface area (Å²) in [5, 5.41) is 0. The van der Waals surface area contributed by atoms with Crippen molar-refractivity contribution in [2.75, 3.05) is 0 Å². The van der Waals surface area contributed by atoms with Crippen molar-refractivity contribution in [3.8, 4) is 11.4 Å². The molecule has 0 fully saturated rings. The van der Waals surface area contributed by atoms with Crippen molar-refractivity contribution in [1.82, 2.24) is 9.97 Å². The van der Waals surface area contributed by atoms with E-state index in [9.17, 15) is 8.78 Å². The first-order chi connectivity index (χ1) is 8.74. The highest BCUT2D eigenvalue weighted by Gasteiger charge is 2.17. The van der Waals surface area contributed by atoms with Crippen LogP contribution in [0.2, 0.25) is 0 Å². The molecule has 0 amide bonds. The van der Waals surface area contributed by atoms with E-state index in [1.54, 1.807) is 0 Å². The molecule has 0 aliphatic heterocycles. The molecule has 1 aromatic heterocycles. The SMILES string of the molecule is Cc1[nH]c(-c2cc(F)cc(F)c2)nc1CC(C)(C)N. The fourth-order valence-electron chi connectivity index (χ4n) is 1.93. The number of hydrogen-bond acceptors (Lipinski definition) is 2. The first-order valence-corrected chi connectivity index (χ1v) is 6.05. The normalized spacial score (nSPS) is 11.9. The number of aryl methyl sites for hydroxylation is 1. The Bertz CT molecular complexity index is 577. The Labute approximate surface area is 110 Å². The summed E-state index contributed by atoms with van der Waals surface area (Å²) in [5.74, 6) is -0.787. The Morgan fingerprint density at radius 1 is 1.21 bits per heavy atom. The smallest absolute Gasteiger partial charge is 0.138 e. The molecule has 3 N–H and O–H groups in total. The lowest BCUT2D eigenvalue weighted by atomic mass is 9.99. The lowest BCUT2D eigenvalue weighted by Crippen LogP contribution is -2.34. The van der Waals surface area contributed by atoms with Gasteiger partial charge in [0.25, 0.3) is 0 Å². The third-order valence-corrected chi connectivity index (χ3v) is 2.74. The predicted octanol–water partition coefficient (Wildman–Crippen LogP) is 2.94. The Morgan fingerprint density at radius 2 is 1.79 bits per heavy atom. The summed E-state index contributed by atoms with van der Waals surface area (Å²) in [6.45, 7) is 5.68. The van der Waals surface area contributed by atoms with E-state index in [0.717, 1.165) is 17.5 Å². The molecule has 19 heavy (non-hydrogen) atoms. The molecule has 0 spiro atoms. The minimum atomic E-state index is -0.621. The molecular formula is C14H17F2N3. The van der Waals surface area contributed by atoms with Gasteiger partial charge in [0.1, 0.15) is 17.5 Å². The van der Waals surface area contributed by atoms with Gasteiger partial charge in [-0.15, -0.1) is 0 Å². The first kappa shape index (κ1) is 13.7. The van der Waals surface area contributed by atoms with Crippen LogP contribution < -0.4 is 5.73 Å². The molecule has 0 saturated carbocycles. The van der Waals surface area contributed by atoms with Gasteiger partial charge in [-0.1, -0.05) is 0 Å². The number of imidazole rings is 1. The second-order valence-corrected chi connectivity index (χ2v) is 5.48. The van der Waals surface area contributed by atoms with Gasteiger partial charge in [-0.3, -0.25) is 0 Å². The number of rotatable bonds is 3. The number of benzene rings is 1. The van der Waals surface area contributed by atoms with Crippen molar-refractivity contribution >= 4 is 0 Å². The summed E-state index contributed by atoms with van der Waals surface area (Å²) < 4.78 is 26.4. The van der Waals surface area contributed by atoms with Crippen molar-refractivity contribution in [3.63, 3.8) is 0 Å². The number of nitrogens with one attached hydrogen (secondary N) is 1. The highest BCUT2D eigenvalue weighted by Crippen LogP contribution is 2.22. The summed E-state index contributed by atoms with van der Waals surface area (Å²) in [7, 11) is 0. The van der Waals surface area contributed by atoms with Crippen molar-refractivity contribution in [2.45, 2.75) is 32.7 Å². The quantitative estimate of drug-likeness (QED) is 0.896. The Kier molecular flexibility index (Phi) is 3.41. The van der Waals surface area contributed by atoms with Crippen LogP contribution in [0.1, 0.15) is 25.2 Å². The monoisotopic (exact) mass is 265 g/mol. The van der Waals surface area contributed by atoms with Gasteiger partial charge in [0.15, 0.2) is 0 Å². The molecule has 1 aromatic carbocycles. The van der Waals surface area contributed by atoms with Crippen LogP contribution >= 0.6 is 0 Å². The molecule has 0 bridgehead atoms. The molecule has 0 saturated heterocycles. The van der Waals surface area contributed by atoms with Gasteiger partial charge in [-0.05, 0) is 32.9 Å². The molecule has 0 atom stereocenters. The highest BCUT2D eigenvalue weighted by molar-refractivity contribution is 5.56. The number of nitrogens with two attached hydrogens (primary N) is 1. The fraction of sp³-hybridized carbons (Fsp3) is 0.357. The number of nitrogens with zero attached hydrogens (tertiary/aromatic N) is 1. The summed E-state index contributed by atoms with van der Waals surface area (Å²) >= 11 is 0. The maximum atomic E-state index is 13.2. The zero-order valence-corrected chi connectivity index (χ0v) is 11.2. The van der Waals surface area contributed by atoms with E-state index in [1.165, 1.54) is 12.1 Å². The molecule has 5 heteroatoms. The van der Waals surface area contributed by atoms with Crippen LogP contribution in [0.3, 0.4) is 0 Å². The number of H-pyrrole nitrogens is 1. The molecule has 1 heterocycles. The Balaban J connectivity index is 2.39. The first-order valence-electron chi connectivity index (χ1n) is 6.05. The molecule has 0 aliphatic carbocycles. The maximum absolute atomic E-state index is 13.2. The second kappa shape index (κ2) is 4.74. The Hall–Kier alpha value is -1.75. The average Bonchev–Trinajstić information content (AvgIpc) is 2.56. The molecule has 102 valence electrons. The second-order valence-electron chi connectivity index (χ2n) is 5.48. The van der Waals surface area contributed by atoms with Crippen LogP contribution in [-0.2, 0) is 6.42 Å². The van der Waals surface area contributed by atoms with E-state index >= 15 is 0 Å². The lowest BCUT2D eigenvalue weighted by molar-refractivity contribution is 0.510. The van der Waals surface area contributed by atoms with Gasteiger partial charge in [-0.2, -0.15) is 0 Å². The number of hydrogen-bond donors (Lipinski definition) is 2. The standard InChI is InChI=1S/C14H17F2N3/c1-8-12(7-14(2,3)17)19-13(18-8)9-4-10(15)6-11(16)5-9/h4-6H,7,17H2,1-3H3,(H,18,19). The largest absolute Gasteiger partial charge is 0.342 e. The van der Waals surface area contributed by atoms with Crippen LogP contribution in [0.15, 0.2) is 18.2 Å². The number of aromatic amines is 1. The van der Waals surface area contributed by atoms with Crippen molar-refractivity contribution in [3.05, 3.63) is 41.2 Å². The van der Waals surface area contributed by atoms with Gasteiger partial charge in [0, 0.05) is 29.3 Å². The molecule has 3 nitrogen and oxygen atoms in total. The van der Waals surface area contributed by atoms with E-state index in [-0.39, 0.29) is 5.54 Å². The van der Waals surface area contributed by atoms with Gasteiger partial charge in [0.05, 0.1) is 5.69 Å². The van der Waals surface area contributed by atoms with E-state index in [2.05, 4.69) is 9.97 Å². The maximum Gasteiger partial charge on any atom is 0.138 e. The van der Waals surface area contributed by atoms with Gasteiger partial charge in [-0.25, -0.2) is 13.8 Å².